The first-order chi connectivity index (χ1) is 17.7. The van der Waals surface area contributed by atoms with E-state index in [0.29, 0.717) is 69.6 Å². The fourth-order valence-electron chi connectivity index (χ4n) is 4.99. The van der Waals surface area contributed by atoms with Gasteiger partial charge in [-0.15, -0.1) is 0 Å². The maximum atomic E-state index is 13.3. The van der Waals surface area contributed by atoms with Crippen molar-refractivity contribution in [1.82, 2.24) is 19.6 Å². The molecule has 9 nitrogen and oxygen atoms in total. The number of carbonyl (C=O) groups is 2. The van der Waals surface area contributed by atoms with Gasteiger partial charge in [-0.3, -0.25) is 14.3 Å². The summed E-state index contributed by atoms with van der Waals surface area (Å²) in [6.07, 6.45) is 1.13. The molecule has 2 aliphatic rings. The largest absolute Gasteiger partial charge is 0.490 e. The van der Waals surface area contributed by atoms with E-state index in [1.807, 2.05) is 43.5 Å². The van der Waals surface area contributed by atoms with Gasteiger partial charge in [0.25, 0.3) is 0 Å². The topological polar surface area (TPSA) is 86.1 Å². The zero-order chi connectivity index (χ0) is 26.6. The van der Waals surface area contributed by atoms with E-state index in [9.17, 15) is 9.59 Å². The molecule has 202 valence electrons. The van der Waals surface area contributed by atoms with Gasteiger partial charge in [-0.2, -0.15) is 5.10 Å². The van der Waals surface area contributed by atoms with Crippen LogP contribution in [0.1, 0.15) is 35.4 Å². The van der Waals surface area contributed by atoms with Gasteiger partial charge in [-0.25, -0.2) is 0 Å². The quantitative estimate of drug-likeness (QED) is 0.519. The number of morpholine rings is 2. The predicted molar refractivity (Wildman–Crippen MR) is 140 cm³/mol. The molecule has 3 heterocycles. The van der Waals surface area contributed by atoms with Crippen LogP contribution in [-0.4, -0.2) is 89.6 Å². The van der Waals surface area contributed by atoms with Crippen molar-refractivity contribution in [2.75, 3.05) is 52.6 Å². The summed E-state index contributed by atoms with van der Waals surface area (Å²) in [6.45, 7) is 9.33. The third-order valence-corrected chi connectivity index (χ3v) is 7.74. The molecule has 4 rings (SSSR count). The first-order valence-corrected chi connectivity index (χ1v) is 13.2. The number of aromatic nitrogens is 2. The smallest absolute Gasteiger partial charge is 0.225 e. The average Bonchev–Trinajstić information content (AvgIpc) is 3.14. The standard InChI is InChI=1S/C27H37ClN4O5/c1-19-15-22(5-7-24(19)28)36-18-27(16-26(34)31-9-12-35-13-10-31)17-32(11-14-37-27)25(33)8-6-23-20(2)29-30(4)21(23)3/h5,7,15H,6,8-14,16-18H2,1-4H3/t27-/m1/s1. The van der Waals surface area contributed by atoms with Crippen LogP contribution in [0, 0.1) is 20.8 Å². The fourth-order valence-corrected chi connectivity index (χ4v) is 5.11. The van der Waals surface area contributed by atoms with Crippen molar-refractivity contribution >= 4 is 23.4 Å². The summed E-state index contributed by atoms with van der Waals surface area (Å²) in [5.74, 6) is 0.668. The summed E-state index contributed by atoms with van der Waals surface area (Å²) in [5.41, 5.74) is 3.09. The van der Waals surface area contributed by atoms with Gasteiger partial charge in [0.1, 0.15) is 18.0 Å². The molecular weight excluding hydrogens is 496 g/mol. The van der Waals surface area contributed by atoms with E-state index in [2.05, 4.69) is 5.10 Å². The molecule has 0 saturated carbocycles. The molecule has 1 atom stereocenters. The van der Waals surface area contributed by atoms with Crippen molar-refractivity contribution < 1.29 is 23.8 Å². The van der Waals surface area contributed by atoms with Gasteiger partial charge in [-0.05, 0) is 56.5 Å². The van der Waals surface area contributed by atoms with Crippen LogP contribution in [0.5, 0.6) is 5.75 Å². The first-order valence-electron chi connectivity index (χ1n) is 12.8. The lowest BCUT2D eigenvalue weighted by Gasteiger charge is -2.43. The Bertz CT molecular complexity index is 1130. The van der Waals surface area contributed by atoms with Crippen molar-refractivity contribution in [3.63, 3.8) is 0 Å². The van der Waals surface area contributed by atoms with Crippen LogP contribution in [-0.2, 0) is 32.5 Å². The van der Waals surface area contributed by atoms with Gasteiger partial charge < -0.3 is 24.0 Å². The number of benzene rings is 1. The Morgan fingerprint density at radius 3 is 2.49 bits per heavy atom. The predicted octanol–water partition coefficient (Wildman–Crippen LogP) is 2.86. The van der Waals surface area contributed by atoms with Gasteiger partial charge in [0.15, 0.2) is 0 Å². The molecule has 0 radical (unpaired) electrons. The molecule has 2 amide bonds. The summed E-state index contributed by atoms with van der Waals surface area (Å²) in [5, 5.41) is 5.12. The minimum atomic E-state index is -0.947. The Morgan fingerprint density at radius 1 is 1.08 bits per heavy atom. The third-order valence-electron chi connectivity index (χ3n) is 7.32. The molecule has 0 unspecified atom stereocenters. The van der Waals surface area contributed by atoms with Crippen LogP contribution in [0.15, 0.2) is 18.2 Å². The molecule has 10 heteroatoms. The normalized spacial score (nSPS) is 20.2. The van der Waals surface area contributed by atoms with Crippen LogP contribution < -0.4 is 4.74 Å². The molecule has 37 heavy (non-hydrogen) atoms. The first kappa shape index (κ1) is 27.4. The van der Waals surface area contributed by atoms with E-state index in [0.717, 1.165) is 22.5 Å². The highest BCUT2D eigenvalue weighted by molar-refractivity contribution is 6.31. The lowest BCUT2D eigenvalue weighted by atomic mass is 9.96. The van der Waals surface area contributed by atoms with Crippen molar-refractivity contribution in [1.29, 1.82) is 0 Å². The van der Waals surface area contributed by atoms with Crippen molar-refractivity contribution in [2.45, 2.75) is 45.6 Å². The Kier molecular flexibility index (Phi) is 8.77. The summed E-state index contributed by atoms with van der Waals surface area (Å²) in [7, 11) is 1.91. The Balaban J connectivity index is 1.47. The highest BCUT2D eigenvalue weighted by atomic mass is 35.5. The number of amides is 2. The molecule has 0 aliphatic carbocycles. The van der Waals surface area contributed by atoms with E-state index in [4.69, 9.17) is 25.8 Å². The zero-order valence-corrected chi connectivity index (χ0v) is 23.0. The minimum absolute atomic E-state index is 0.0184. The van der Waals surface area contributed by atoms with Crippen LogP contribution in [0.25, 0.3) is 0 Å². The number of rotatable bonds is 8. The summed E-state index contributed by atoms with van der Waals surface area (Å²) < 4.78 is 19.6. The maximum absolute atomic E-state index is 13.3. The number of ether oxygens (including phenoxy) is 3. The number of aryl methyl sites for hydroxylation is 3. The Hall–Kier alpha value is -2.62. The second-order valence-corrected chi connectivity index (χ2v) is 10.4. The number of hydrogen-bond acceptors (Lipinski definition) is 6. The number of halogens is 1. The molecule has 1 aromatic carbocycles. The molecule has 1 aromatic heterocycles. The lowest BCUT2D eigenvalue weighted by molar-refractivity contribution is -0.167. The molecule has 2 fully saturated rings. The van der Waals surface area contributed by atoms with E-state index < -0.39 is 5.60 Å². The van der Waals surface area contributed by atoms with E-state index in [-0.39, 0.29) is 24.8 Å². The molecular formula is C27H37ClN4O5. The van der Waals surface area contributed by atoms with Gasteiger partial charge in [0, 0.05) is 43.8 Å². The molecule has 2 saturated heterocycles. The Labute approximate surface area is 223 Å². The van der Waals surface area contributed by atoms with Crippen LogP contribution in [0.2, 0.25) is 5.02 Å². The SMILES string of the molecule is Cc1cc(OC[C@@]2(CC(=O)N3CCOCC3)CN(C(=O)CCc3c(C)nn(C)c3C)CCO2)ccc1Cl. The molecule has 2 aromatic rings. The monoisotopic (exact) mass is 532 g/mol. The highest BCUT2D eigenvalue weighted by Gasteiger charge is 2.42. The van der Waals surface area contributed by atoms with E-state index >= 15 is 0 Å². The van der Waals surface area contributed by atoms with Crippen molar-refractivity contribution in [2.24, 2.45) is 7.05 Å². The zero-order valence-electron chi connectivity index (χ0n) is 22.2. The van der Waals surface area contributed by atoms with Gasteiger partial charge in [-0.1, -0.05) is 11.6 Å². The molecule has 2 aliphatic heterocycles. The van der Waals surface area contributed by atoms with Crippen molar-refractivity contribution in [3.8, 4) is 5.75 Å². The van der Waals surface area contributed by atoms with Crippen LogP contribution in [0.4, 0.5) is 0 Å². The molecule has 0 N–H and O–H groups in total. The third kappa shape index (κ3) is 6.64. The number of nitrogens with zero attached hydrogens (tertiary/aromatic N) is 4. The van der Waals surface area contributed by atoms with Gasteiger partial charge in [0.2, 0.25) is 11.8 Å². The van der Waals surface area contributed by atoms with E-state index in [1.54, 1.807) is 17.0 Å². The van der Waals surface area contributed by atoms with Gasteiger partial charge in [0.05, 0.1) is 38.5 Å². The highest BCUT2D eigenvalue weighted by Crippen LogP contribution is 2.28. The molecule has 0 spiro atoms. The number of hydrogen-bond donors (Lipinski definition) is 0. The average molecular weight is 533 g/mol. The second-order valence-electron chi connectivity index (χ2n) is 9.99. The van der Waals surface area contributed by atoms with Crippen molar-refractivity contribution in [3.05, 3.63) is 45.7 Å². The summed E-state index contributed by atoms with van der Waals surface area (Å²) >= 11 is 6.17. The van der Waals surface area contributed by atoms with E-state index in [1.165, 1.54) is 0 Å². The lowest BCUT2D eigenvalue weighted by Crippen LogP contribution is -2.58. The maximum Gasteiger partial charge on any atom is 0.225 e. The molecule has 0 bridgehead atoms. The Morgan fingerprint density at radius 2 is 1.81 bits per heavy atom. The number of carbonyl (C=O) groups excluding carboxylic acids is 2. The van der Waals surface area contributed by atoms with Gasteiger partial charge >= 0.3 is 0 Å². The fraction of sp³-hybridized carbons (Fsp3) is 0.593. The van der Waals surface area contributed by atoms with Crippen LogP contribution in [0.3, 0.4) is 0 Å². The summed E-state index contributed by atoms with van der Waals surface area (Å²) in [4.78, 5) is 30.2. The second kappa shape index (κ2) is 11.8. The summed E-state index contributed by atoms with van der Waals surface area (Å²) in [6, 6.07) is 5.46. The minimum Gasteiger partial charge on any atom is -0.490 e. The van der Waals surface area contributed by atoms with Crippen LogP contribution >= 0.6 is 11.6 Å².